The molecule has 0 unspecified atom stereocenters. The van der Waals surface area contributed by atoms with Crippen molar-refractivity contribution in [2.45, 2.75) is 18.2 Å². The summed E-state index contributed by atoms with van der Waals surface area (Å²) in [7, 11) is 0.279. The van der Waals surface area contributed by atoms with Crippen LogP contribution in [-0.4, -0.2) is 34.0 Å². The minimum atomic E-state index is -3.55. The van der Waals surface area contributed by atoms with Gasteiger partial charge in [0.15, 0.2) is 0 Å². The summed E-state index contributed by atoms with van der Waals surface area (Å²) >= 11 is 0. The van der Waals surface area contributed by atoms with Crippen molar-refractivity contribution in [1.82, 2.24) is 4.98 Å². The highest BCUT2D eigenvalue weighted by molar-refractivity contribution is 7.92. The molecular formula is C16H19N3O2S. The Kier molecular flexibility index (Phi) is 3.56. The molecule has 116 valence electrons. The van der Waals surface area contributed by atoms with Crippen LogP contribution in [0, 0.1) is 6.92 Å². The lowest BCUT2D eigenvalue weighted by molar-refractivity contribution is 0.592. The van der Waals surface area contributed by atoms with Gasteiger partial charge in [-0.2, -0.15) is 0 Å². The zero-order valence-electron chi connectivity index (χ0n) is 12.9. The second-order valence-electron chi connectivity index (χ2n) is 5.67. The molecule has 0 bridgehead atoms. The number of nitrogens with zero attached hydrogens (tertiary/aromatic N) is 3. The van der Waals surface area contributed by atoms with Gasteiger partial charge in [0, 0.05) is 38.7 Å². The summed E-state index contributed by atoms with van der Waals surface area (Å²) in [5.74, 6) is 0. The van der Waals surface area contributed by atoms with Crippen LogP contribution in [0.3, 0.4) is 0 Å². The van der Waals surface area contributed by atoms with Gasteiger partial charge in [0.1, 0.15) is 0 Å². The van der Waals surface area contributed by atoms with E-state index in [2.05, 4.69) is 4.98 Å². The smallest absolute Gasteiger partial charge is 0.264 e. The Morgan fingerprint density at radius 3 is 2.73 bits per heavy atom. The summed E-state index contributed by atoms with van der Waals surface area (Å²) in [6.45, 7) is 2.44. The van der Waals surface area contributed by atoms with Gasteiger partial charge in [0.2, 0.25) is 0 Å². The Morgan fingerprint density at radius 1 is 1.23 bits per heavy atom. The van der Waals surface area contributed by atoms with Crippen molar-refractivity contribution in [3.8, 4) is 0 Å². The molecule has 1 aromatic carbocycles. The van der Waals surface area contributed by atoms with Crippen LogP contribution in [0.4, 0.5) is 11.4 Å². The molecule has 0 fully saturated rings. The summed E-state index contributed by atoms with van der Waals surface area (Å²) in [5.41, 5.74) is 3.68. The lowest BCUT2D eigenvalue weighted by Crippen LogP contribution is -2.29. The number of sulfonamides is 1. The van der Waals surface area contributed by atoms with Gasteiger partial charge in [-0.1, -0.05) is 6.07 Å². The summed E-state index contributed by atoms with van der Waals surface area (Å²) < 4.78 is 27.4. The Balaban J connectivity index is 2.07. The topological polar surface area (TPSA) is 53.5 Å². The van der Waals surface area contributed by atoms with Crippen LogP contribution in [0.25, 0.3) is 0 Å². The maximum Gasteiger partial charge on any atom is 0.264 e. The third-order valence-electron chi connectivity index (χ3n) is 3.98. The van der Waals surface area contributed by atoms with Crippen LogP contribution in [0.1, 0.15) is 11.1 Å². The number of pyridine rings is 1. The predicted molar refractivity (Wildman–Crippen MR) is 88.0 cm³/mol. The SMILES string of the molecule is Cc1ccc(S(=O)(=O)N2CCc3cnccc32)cc1N(C)C. The highest BCUT2D eigenvalue weighted by Crippen LogP contribution is 2.33. The molecule has 0 saturated heterocycles. The summed E-state index contributed by atoms with van der Waals surface area (Å²) in [6.07, 6.45) is 4.08. The predicted octanol–water partition coefficient (Wildman–Crippen LogP) is 2.21. The fourth-order valence-electron chi connectivity index (χ4n) is 2.81. The van der Waals surface area contributed by atoms with E-state index in [0.29, 0.717) is 17.9 Å². The van der Waals surface area contributed by atoms with E-state index in [4.69, 9.17) is 0 Å². The summed E-state index contributed by atoms with van der Waals surface area (Å²) in [6, 6.07) is 7.04. The fourth-order valence-corrected chi connectivity index (χ4v) is 4.33. The Morgan fingerprint density at radius 2 is 2.00 bits per heavy atom. The van der Waals surface area contributed by atoms with E-state index in [0.717, 1.165) is 22.5 Å². The number of fused-ring (bicyclic) bond motifs is 1. The highest BCUT2D eigenvalue weighted by Gasteiger charge is 2.31. The average Bonchev–Trinajstić information content (AvgIpc) is 2.91. The number of rotatable bonds is 3. The minimum absolute atomic E-state index is 0.325. The molecule has 3 rings (SSSR count). The van der Waals surface area contributed by atoms with Gasteiger partial charge in [-0.05, 0) is 42.7 Å². The first-order valence-electron chi connectivity index (χ1n) is 7.15. The molecule has 2 aromatic rings. The van der Waals surface area contributed by atoms with Crippen molar-refractivity contribution in [2.75, 3.05) is 29.8 Å². The van der Waals surface area contributed by atoms with Gasteiger partial charge in [0.25, 0.3) is 10.0 Å². The van der Waals surface area contributed by atoms with Gasteiger partial charge in [-0.15, -0.1) is 0 Å². The highest BCUT2D eigenvalue weighted by atomic mass is 32.2. The molecule has 1 aliphatic heterocycles. The Bertz CT molecular complexity index is 816. The van der Waals surface area contributed by atoms with E-state index in [1.54, 1.807) is 30.6 Å². The summed E-state index contributed by atoms with van der Waals surface area (Å²) in [5, 5.41) is 0. The first kappa shape index (κ1) is 14.8. The first-order chi connectivity index (χ1) is 10.4. The van der Waals surface area contributed by atoms with Crippen molar-refractivity contribution >= 4 is 21.4 Å². The second-order valence-corrected chi connectivity index (χ2v) is 7.54. The molecule has 22 heavy (non-hydrogen) atoms. The average molecular weight is 317 g/mol. The third kappa shape index (κ3) is 2.33. The van der Waals surface area contributed by atoms with E-state index in [-0.39, 0.29) is 0 Å². The first-order valence-corrected chi connectivity index (χ1v) is 8.59. The molecule has 1 aromatic heterocycles. The zero-order valence-corrected chi connectivity index (χ0v) is 13.8. The normalized spacial score (nSPS) is 14.0. The molecular weight excluding hydrogens is 298 g/mol. The van der Waals surface area contributed by atoms with Crippen LogP contribution in [0.15, 0.2) is 41.6 Å². The molecule has 1 aliphatic rings. The number of benzene rings is 1. The number of anilines is 2. The lowest BCUT2D eigenvalue weighted by atomic mass is 10.2. The maximum absolute atomic E-state index is 13.0. The molecule has 0 saturated carbocycles. The van der Waals surface area contributed by atoms with Gasteiger partial charge in [-0.3, -0.25) is 9.29 Å². The molecule has 2 heterocycles. The Hall–Kier alpha value is -2.08. The molecule has 0 aliphatic carbocycles. The van der Waals surface area contributed by atoms with Gasteiger partial charge in [0.05, 0.1) is 10.6 Å². The second kappa shape index (κ2) is 5.28. The van der Waals surface area contributed by atoms with Gasteiger partial charge >= 0.3 is 0 Å². The van der Waals surface area contributed by atoms with Crippen LogP contribution in [0.2, 0.25) is 0 Å². The van der Waals surface area contributed by atoms with Gasteiger partial charge < -0.3 is 4.90 Å². The quantitative estimate of drug-likeness (QED) is 0.871. The number of hydrogen-bond donors (Lipinski definition) is 0. The number of aromatic nitrogens is 1. The van der Waals surface area contributed by atoms with Crippen molar-refractivity contribution in [3.63, 3.8) is 0 Å². The summed E-state index contributed by atoms with van der Waals surface area (Å²) in [4.78, 5) is 6.32. The van der Waals surface area contributed by atoms with Gasteiger partial charge in [-0.25, -0.2) is 8.42 Å². The molecule has 5 nitrogen and oxygen atoms in total. The third-order valence-corrected chi connectivity index (χ3v) is 5.79. The van der Waals surface area contributed by atoms with Crippen molar-refractivity contribution in [2.24, 2.45) is 0 Å². The van der Waals surface area contributed by atoms with E-state index in [1.165, 1.54) is 4.31 Å². The van der Waals surface area contributed by atoms with E-state index < -0.39 is 10.0 Å². The van der Waals surface area contributed by atoms with Crippen molar-refractivity contribution in [1.29, 1.82) is 0 Å². The molecule has 0 amide bonds. The number of hydrogen-bond acceptors (Lipinski definition) is 4. The van der Waals surface area contributed by atoms with Crippen molar-refractivity contribution in [3.05, 3.63) is 47.8 Å². The molecule has 0 spiro atoms. The number of aryl methyl sites for hydroxylation is 1. The fraction of sp³-hybridized carbons (Fsp3) is 0.312. The molecule has 0 N–H and O–H groups in total. The Labute approximate surface area is 131 Å². The van der Waals surface area contributed by atoms with Crippen LogP contribution in [-0.2, 0) is 16.4 Å². The van der Waals surface area contributed by atoms with Crippen LogP contribution in [0.5, 0.6) is 0 Å². The van der Waals surface area contributed by atoms with E-state index >= 15 is 0 Å². The standard InChI is InChI=1S/C16H19N3O2S/c1-12-4-5-14(10-16(12)18(2)3)22(20,21)19-9-7-13-11-17-8-6-15(13)19/h4-6,8,10-11H,7,9H2,1-3H3. The van der Waals surface area contributed by atoms with Crippen LogP contribution >= 0.6 is 0 Å². The van der Waals surface area contributed by atoms with Crippen LogP contribution < -0.4 is 9.21 Å². The zero-order chi connectivity index (χ0) is 15.9. The maximum atomic E-state index is 13.0. The van der Waals surface area contributed by atoms with Crippen molar-refractivity contribution < 1.29 is 8.42 Å². The lowest BCUT2D eigenvalue weighted by Gasteiger charge is -2.22. The molecule has 0 atom stereocenters. The molecule has 6 heteroatoms. The van der Waals surface area contributed by atoms with E-state index in [9.17, 15) is 8.42 Å². The molecule has 0 radical (unpaired) electrons. The minimum Gasteiger partial charge on any atom is -0.377 e. The monoisotopic (exact) mass is 317 g/mol. The largest absolute Gasteiger partial charge is 0.377 e. The van der Waals surface area contributed by atoms with E-state index in [1.807, 2.05) is 32.0 Å².